The summed E-state index contributed by atoms with van der Waals surface area (Å²) in [6.45, 7) is 7.12. The van der Waals surface area contributed by atoms with Gasteiger partial charge in [-0.25, -0.2) is 0 Å². The highest BCUT2D eigenvalue weighted by Crippen LogP contribution is 2.20. The molecule has 3 N–H and O–H groups in total. The monoisotopic (exact) mass is 239 g/mol. The first-order valence-corrected chi connectivity index (χ1v) is 7.41. The molecule has 17 heavy (non-hydrogen) atoms. The third-order valence-corrected chi connectivity index (χ3v) is 4.45. The van der Waals surface area contributed by atoms with Gasteiger partial charge in [0.2, 0.25) is 0 Å². The molecule has 0 aromatic rings. The summed E-state index contributed by atoms with van der Waals surface area (Å²) in [5.41, 5.74) is 6.04. The van der Waals surface area contributed by atoms with Crippen LogP contribution in [0.5, 0.6) is 0 Å². The van der Waals surface area contributed by atoms with Crippen molar-refractivity contribution >= 4 is 0 Å². The largest absolute Gasteiger partial charge is 0.328 e. The van der Waals surface area contributed by atoms with Gasteiger partial charge >= 0.3 is 0 Å². The molecule has 0 amide bonds. The van der Waals surface area contributed by atoms with Crippen LogP contribution >= 0.6 is 0 Å². The lowest BCUT2D eigenvalue weighted by atomic mass is 9.90. The zero-order valence-corrected chi connectivity index (χ0v) is 11.5. The van der Waals surface area contributed by atoms with E-state index in [0.29, 0.717) is 18.1 Å². The number of rotatable bonds is 3. The number of nitrogens with one attached hydrogen (secondary N) is 1. The molecule has 0 radical (unpaired) electrons. The smallest absolute Gasteiger partial charge is 0.00940 e. The molecule has 1 aliphatic heterocycles. The molecule has 0 aromatic heterocycles. The molecule has 0 bridgehead atoms. The quantitative estimate of drug-likeness (QED) is 0.788. The molecule has 3 nitrogen and oxygen atoms in total. The van der Waals surface area contributed by atoms with Gasteiger partial charge in [-0.2, -0.15) is 0 Å². The molecule has 2 unspecified atom stereocenters. The Hall–Kier alpha value is -0.120. The van der Waals surface area contributed by atoms with Crippen molar-refractivity contribution in [2.24, 2.45) is 5.73 Å². The minimum atomic E-state index is 0.442. The predicted molar refractivity (Wildman–Crippen MR) is 73.1 cm³/mol. The summed E-state index contributed by atoms with van der Waals surface area (Å²) in [6.07, 6.45) is 7.67. The van der Waals surface area contributed by atoms with Crippen LogP contribution in [0.3, 0.4) is 0 Å². The molecule has 2 atom stereocenters. The number of nitrogens with two attached hydrogens (primary N) is 1. The molecule has 100 valence electrons. The number of nitrogens with zero attached hydrogens (tertiary/aromatic N) is 1. The fourth-order valence-corrected chi connectivity index (χ4v) is 3.29. The Bertz CT molecular complexity index is 222. The van der Waals surface area contributed by atoms with Crippen LogP contribution in [0.15, 0.2) is 0 Å². The van der Waals surface area contributed by atoms with E-state index in [2.05, 4.69) is 24.1 Å². The summed E-state index contributed by atoms with van der Waals surface area (Å²) >= 11 is 0. The van der Waals surface area contributed by atoms with Gasteiger partial charge in [0.05, 0.1) is 0 Å². The van der Waals surface area contributed by atoms with Crippen LogP contribution in [0.1, 0.15) is 52.4 Å². The van der Waals surface area contributed by atoms with Crippen molar-refractivity contribution in [1.82, 2.24) is 10.2 Å². The van der Waals surface area contributed by atoms with Crippen molar-refractivity contribution < 1.29 is 0 Å². The lowest BCUT2D eigenvalue weighted by molar-refractivity contribution is 0.151. The highest BCUT2D eigenvalue weighted by molar-refractivity contribution is 4.85. The third kappa shape index (κ3) is 3.94. The maximum absolute atomic E-state index is 6.04. The van der Waals surface area contributed by atoms with Crippen LogP contribution in [-0.2, 0) is 0 Å². The first-order valence-electron chi connectivity index (χ1n) is 7.41. The Morgan fingerprint density at radius 1 is 1.06 bits per heavy atom. The molecule has 1 saturated heterocycles. The molecule has 0 aromatic carbocycles. The number of hydrogen-bond acceptors (Lipinski definition) is 3. The molecule has 1 aliphatic carbocycles. The van der Waals surface area contributed by atoms with E-state index in [1.165, 1.54) is 51.6 Å². The van der Waals surface area contributed by atoms with E-state index in [0.717, 1.165) is 6.04 Å². The van der Waals surface area contributed by atoms with Crippen LogP contribution in [-0.4, -0.2) is 42.2 Å². The molecule has 1 heterocycles. The predicted octanol–water partition coefficient (Wildman–Crippen LogP) is 1.72. The van der Waals surface area contributed by atoms with Gasteiger partial charge < -0.3 is 16.0 Å². The van der Waals surface area contributed by atoms with Crippen LogP contribution in [0.25, 0.3) is 0 Å². The molecule has 0 spiro atoms. The van der Waals surface area contributed by atoms with E-state index in [-0.39, 0.29) is 0 Å². The van der Waals surface area contributed by atoms with Crippen LogP contribution < -0.4 is 11.1 Å². The van der Waals surface area contributed by atoms with Crippen LogP contribution in [0.2, 0.25) is 0 Å². The minimum Gasteiger partial charge on any atom is -0.328 e. The van der Waals surface area contributed by atoms with Crippen molar-refractivity contribution in [1.29, 1.82) is 0 Å². The summed E-state index contributed by atoms with van der Waals surface area (Å²) in [5, 5.41) is 3.84. The van der Waals surface area contributed by atoms with Gasteiger partial charge in [-0.15, -0.1) is 0 Å². The number of likely N-dealkylation sites (tertiary alicyclic amines) is 1. The van der Waals surface area contributed by atoms with Crippen molar-refractivity contribution in [2.45, 2.75) is 76.5 Å². The average molecular weight is 239 g/mol. The zero-order valence-electron chi connectivity index (χ0n) is 11.5. The highest BCUT2D eigenvalue weighted by Gasteiger charge is 2.25. The van der Waals surface area contributed by atoms with Crippen molar-refractivity contribution in [2.75, 3.05) is 13.1 Å². The van der Waals surface area contributed by atoms with E-state index in [1.54, 1.807) is 0 Å². The average Bonchev–Trinajstić information content (AvgIpc) is 2.29. The van der Waals surface area contributed by atoms with Gasteiger partial charge in [-0.3, -0.25) is 0 Å². The number of hydrogen-bond donors (Lipinski definition) is 2. The summed E-state index contributed by atoms with van der Waals surface area (Å²) in [5.74, 6) is 0. The number of piperidine rings is 1. The van der Waals surface area contributed by atoms with E-state index in [1.807, 2.05) is 0 Å². The van der Waals surface area contributed by atoms with Crippen LogP contribution in [0.4, 0.5) is 0 Å². The summed E-state index contributed by atoms with van der Waals surface area (Å²) in [7, 11) is 0. The Labute approximate surface area is 106 Å². The van der Waals surface area contributed by atoms with Crippen LogP contribution in [0, 0.1) is 0 Å². The van der Waals surface area contributed by atoms with Gasteiger partial charge in [0.1, 0.15) is 0 Å². The lowest BCUT2D eigenvalue weighted by Gasteiger charge is -2.38. The second-order valence-corrected chi connectivity index (χ2v) is 6.19. The van der Waals surface area contributed by atoms with Gasteiger partial charge in [0, 0.05) is 24.2 Å². The fraction of sp³-hybridized carbons (Fsp3) is 1.00. The Morgan fingerprint density at radius 3 is 2.35 bits per heavy atom. The fourth-order valence-electron chi connectivity index (χ4n) is 3.29. The molecular weight excluding hydrogens is 210 g/mol. The molecule has 2 rings (SSSR count). The van der Waals surface area contributed by atoms with Crippen molar-refractivity contribution in [3.8, 4) is 0 Å². The first kappa shape index (κ1) is 13.3. The van der Waals surface area contributed by atoms with Gasteiger partial charge in [0.15, 0.2) is 0 Å². The standard InChI is InChI=1S/C14H29N3/c1-11(2)17-8-6-13(7-9-17)16-14-5-3-4-12(15)10-14/h11-14,16H,3-10,15H2,1-2H3. The van der Waals surface area contributed by atoms with E-state index >= 15 is 0 Å². The zero-order chi connectivity index (χ0) is 12.3. The maximum Gasteiger partial charge on any atom is 0.00940 e. The summed E-state index contributed by atoms with van der Waals surface area (Å²) in [6, 6.07) is 2.57. The molecule has 2 aliphatic rings. The molecule has 3 heteroatoms. The minimum absolute atomic E-state index is 0.442. The van der Waals surface area contributed by atoms with Crippen molar-refractivity contribution in [3.05, 3.63) is 0 Å². The van der Waals surface area contributed by atoms with Gasteiger partial charge in [0.25, 0.3) is 0 Å². The second-order valence-electron chi connectivity index (χ2n) is 6.19. The molecular formula is C14H29N3. The molecule has 2 fully saturated rings. The third-order valence-electron chi connectivity index (χ3n) is 4.45. The SMILES string of the molecule is CC(C)N1CCC(NC2CCCC(N)C2)CC1. The van der Waals surface area contributed by atoms with E-state index in [4.69, 9.17) is 5.73 Å². The topological polar surface area (TPSA) is 41.3 Å². The Kier molecular flexibility index (Phi) is 4.83. The summed E-state index contributed by atoms with van der Waals surface area (Å²) in [4.78, 5) is 2.59. The Morgan fingerprint density at radius 2 is 1.76 bits per heavy atom. The van der Waals surface area contributed by atoms with Crippen molar-refractivity contribution in [3.63, 3.8) is 0 Å². The van der Waals surface area contributed by atoms with E-state index < -0.39 is 0 Å². The Balaban J connectivity index is 1.70. The van der Waals surface area contributed by atoms with E-state index in [9.17, 15) is 0 Å². The van der Waals surface area contributed by atoms with Gasteiger partial charge in [-0.1, -0.05) is 6.42 Å². The highest BCUT2D eigenvalue weighted by atomic mass is 15.2. The molecule has 1 saturated carbocycles. The first-order chi connectivity index (χ1) is 8.15. The van der Waals surface area contributed by atoms with Gasteiger partial charge in [-0.05, 0) is 59.0 Å². The lowest BCUT2D eigenvalue weighted by Crippen LogP contribution is -2.49. The normalized spacial score (nSPS) is 33.2. The summed E-state index contributed by atoms with van der Waals surface area (Å²) < 4.78 is 0. The maximum atomic E-state index is 6.04. The second kappa shape index (κ2) is 6.17.